The largest absolute Gasteiger partial charge is 0.462 e. The first-order chi connectivity index (χ1) is 38.0. The third kappa shape index (κ3) is 63.6. The molecule has 0 saturated heterocycles. The van der Waals surface area contributed by atoms with Crippen LogP contribution in [0.4, 0.5) is 0 Å². The van der Waals surface area contributed by atoms with Crippen LogP contribution in [0, 0.1) is 0 Å². The van der Waals surface area contributed by atoms with Crippen molar-refractivity contribution in [3.8, 4) is 0 Å². The molecule has 0 aromatic carbocycles. The van der Waals surface area contributed by atoms with Gasteiger partial charge in [-0.1, -0.05) is 306 Å². The fraction of sp³-hybridized carbons (Fsp3) is 0.789. The molecule has 0 N–H and O–H groups in total. The molecule has 0 radical (unpaired) electrons. The van der Waals surface area contributed by atoms with Crippen molar-refractivity contribution in [3.63, 3.8) is 0 Å². The Labute approximate surface area is 478 Å². The average Bonchev–Trinajstić information content (AvgIpc) is 3.43. The molecule has 0 aromatic heterocycles. The smallest absolute Gasteiger partial charge is 0.306 e. The maximum absolute atomic E-state index is 12.9. The van der Waals surface area contributed by atoms with Gasteiger partial charge in [0.2, 0.25) is 0 Å². The summed E-state index contributed by atoms with van der Waals surface area (Å²) in [6, 6.07) is 0. The van der Waals surface area contributed by atoms with E-state index >= 15 is 0 Å². The molecular weight excluding hydrogens is 949 g/mol. The van der Waals surface area contributed by atoms with Crippen LogP contribution in [-0.4, -0.2) is 37.2 Å². The van der Waals surface area contributed by atoms with Crippen molar-refractivity contribution in [2.45, 2.75) is 348 Å². The van der Waals surface area contributed by atoms with Gasteiger partial charge in [0.1, 0.15) is 13.2 Å². The lowest BCUT2D eigenvalue weighted by atomic mass is 10.0. The first-order valence-corrected chi connectivity index (χ1v) is 33.4. The van der Waals surface area contributed by atoms with Crippen molar-refractivity contribution in [2.24, 2.45) is 0 Å². The highest BCUT2D eigenvalue weighted by Crippen LogP contribution is 2.17. The van der Waals surface area contributed by atoms with E-state index in [-0.39, 0.29) is 31.1 Å². The average molecular weight is 1080 g/mol. The third-order valence-electron chi connectivity index (χ3n) is 14.7. The normalized spacial score (nSPS) is 12.5. The zero-order chi connectivity index (χ0) is 55.7. The van der Waals surface area contributed by atoms with Gasteiger partial charge in [0, 0.05) is 19.3 Å². The first kappa shape index (κ1) is 73.8. The van der Waals surface area contributed by atoms with Crippen LogP contribution in [0.5, 0.6) is 0 Å². The van der Waals surface area contributed by atoms with E-state index in [4.69, 9.17) is 14.2 Å². The summed E-state index contributed by atoms with van der Waals surface area (Å²) in [4.78, 5) is 38.2. The summed E-state index contributed by atoms with van der Waals surface area (Å²) in [6.45, 7) is 6.53. The minimum absolute atomic E-state index is 0.0749. The Morgan fingerprint density at radius 1 is 0.273 bits per heavy atom. The molecule has 77 heavy (non-hydrogen) atoms. The van der Waals surface area contributed by atoms with E-state index in [9.17, 15) is 14.4 Å². The number of ether oxygens (including phenoxy) is 3. The Morgan fingerprint density at radius 2 is 0.506 bits per heavy atom. The predicted octanol–water partition coefficient (Wildman–Crippen LogP) is 22.9. The third-order valence-corrected chi connectivity index (χ3v) is 14.7. The lowest BCUT2D eigenvalue weighted by molar-refractivity contribution is -0.167. The number of rotatable bonds is 61. The van der Waals surface area contributed by atoms with Crippen molar-refractivity contribution in [2.75, 3.05) is 13.2 Å². The Morgan fingerprint density at radius 3 is 0.792 bits per heavy atom. The molecule has 0 saturated carbocycles. The second-order valence-electron chi connectivity index (χ2n) is 22.4. The summed E-state index contributed by atoms with van der Waals surface area (Å²) >= 11 is 0. The lowest BCUT2D eigenvalue weighted by Gasteiger charge is -2.18. The van der Waals surface area contributed by atoms with Crippen molar-refractivity contribution in [1.82, 2.24) is 0 Å². The van der Waals surface area contributed by atoms with E-state index in [2.05, 4.69) is 93.7 Å². The van der Waals surface area contributed by atoms with Crippen molar-refractivity contribution in [3.05, 3.63) is 72.9 Å². The summed E-state index contributed by atoms with van der Waals surface area (Å²) in [5.74, 6) is -0.869. The molecule has 1 atom stereocenters. The molecule has 446 valence electrons. The quantitative estimate of drug-likeness (QED) is 0.0261. The predicted molar refractivity (Wildman–Crippen MR) is 335 cm³/mol. The van der Waals surface area contributed by atoms with E-state index in [0.717, 1.165) is 96.3 Å². The van der Waals surface area contributed by atoms with Crippen LogP contribution in [0.15, 0.2) is 72.9 Å². The topological polar surface area (TPSA) is 78.9 Å². The number of allylic oxidation sites excluding steroid dienone is 12. The van der Waals surface area contributed by atoms with Gasteiger partial charge in [-0.25, -0.2) is 0 Å². The van der Waals surface area contributed by atoms with Gasteiger partial charge < -0.3 is 14.2 Å². The van der Waals surface area contributed by atoms with E-state index in [1.807, 2.05) is 0 Å². The molecule has 0 aliphatic carbocycles. The van der Waals surface area contributed by atoms with E-state index in [0.29, 0.717) is 19.3 Å². The molecule has 0 aliphatic rings. The maximum Gasteiger partial charge on any atom is 0.306 e. The summed E-state index contributed by atoms with van der Waals surface area (Å²) in [6.07, 6.45) is 85.0. The van der Waals surface area contributed by atoms with Crippen LogP contribution in [-0.2, 0) is 28.6 Å². The molecule has 0 heterocycles. The van der Waals surface area contributed by atoms with Crippen molar-refractivity contribution < 1.29 is 28.6 Å². The molecule has 0 fully saturated rings. The number of hydrogen-bond donors (Lipinski definition) is 0. The lowest BCUT2D eigenvalue weighted by Crippen LogP contribution is -2.30. The molecule has 0 bridgehead atoms. The minimum atomic E-state index is -0.777. The Bertz CT molecular complexity index is 1420. The van der Waals surface area contributed by atoms with Crippen molar-refractivity contribution in [1.29, 1.82) is 0 Å². The Kier molecular flexibility index (Phi) is 62.7. The molecule has 0 spiro atoms. The number of unbranched alkanes of at least 4 members (excludes halogenated alkanes) is 38. The minimum Gasteiger partial charge on any atom is -0.462 e. The Hall–Kier alpha value is -3.15. The molecule has 1 unspecified atom stereocenters. The highest BCUT2D eigenvalue weighted by molar-refractivity contribution is 5.71. The summed E-state index contributed by atoms with van der Waals surface area (Å²) < 4.78 is 16.9. The summed E-state index contributed by atoms with van der Waals surface area (Å²) in [5.41, 5.74) is 0. The molecule has 6 heteroatoms. The van der Waals surface area contributed by atoms with Crippen LogP contribution < -0.4 is 0 Å². The zero-order valence-corrected chi connectivity index (χ0v) is 51.2. The fourth-order valence-corrected chi connectivity index (χ4v) is 9.70. The standard InChI is InChI=1S/C71H126O6/c1-4-7-10-13-16-19-21-23-25-27-29-31-32-33-34-35-36-37-38-40-41-43-45-47-49-52-55-58-61-64-70(73)76-67-68(66-75-69(72)63-60-57-54-51-18-15-12-9-6-3)77-71(74)65-62-59-56-53-50-48-46-44-42-39-30-28-26-24-22-20-17-14-11-8-5-2/h8,11,17,20-21,23-24,26-27,29-30,39,68H,4-7,9-10,12-16,18-19,22,25,28,31-38,40-67H2,1-3H3/b11-8-,20-17-,23-21-,26-24-,29-27-,39-30-. The van der Waals surface area contributed by atoms with Gasteiger partial charge >= 0.3 is 17.9 Å². The van der Waals surface area contributed by atoms with Crippen LogP contribution in [0.3, 0.4) is 0 Å². The first-order valence-electron chi connectivity index (χ1n) is 33.4. The number of hydrogen-bond acceptors (Lipinski definition) is 6. The van der Waals surface area contributed by atoms with Gasteiger partial charge in [-0.3, -0.25) is 14.4 Å². The molecular formula is C71H126O6. The van der Waals surface area contributed by atoms with Gasteiger partial charge in [0.25, 0.3) is 0 Å². The number of carbonyl (C=O) groups is 3. The fourth-order valence-electron chi connectivity index (χ4n) is 9.70. The highest BCUT2D eigenvalue weighted by Gasteiger charge is 2.19. The van der Waals surface area contributed by atoms with Gasteiger partial charge in [-0.2, -0.15) is 0 Å². The van der Waals surface area contributed by atoms with Crippen LogP contribution in [0.25, 0.3) is 0 Å². The van der Waals surface area contributed by atoms with Crippen LogP contribution in [0.2, 0.25) is 0 Å². The van der Waals surface area contributed by atoms with E-state index in [1.165, 1.54) is 205 Å². The molecule has 0 rings (SSSR count). The SMILES string of the molecule is CC/C=C\C/C=C\C/C=C\C/C=C\CCCCCCCCCCC(=O)OC(COC(=O)CCCCCCCCCCC)COC(=O)CCCCCCCCCCCCCCCCCCC/C=C\C/C=C\CCCCCCC. The highest BCUT2D eigenvalue weighted by atomic mass is 16.6. The van der Waals surface area contributed by atoms with Crippen molar-refractivity contribution >= 4 is 17.9 Å². The van der Waals surface area contributed by atoms with Gasteiger partial charge in [0.05, 0.1) is 0 Å². The summed E-state index contributed by atoms with van der Waals surface area (Å²) in [5, 5.41) is 0. The molecule has 0 aliphatic heterocycles. The Balaban J connectivity index is 4.14. The van der Waals surface area contributed by atoms with E-state index < -0.39 is 6.10 Å². The maximum atomic E-state index is 12.9. The summed E-state index contributed by atoms with van der Waals surface area (Å²) in [7, 11) is 0. The molecule has 0 amide bonds. The number of carbonyl (C=O) groups excluding carboxylic acids is 3. The second-order valence-corrected chi connectivity index (χ2v) is 22.4. The molecule has 6 nitrogen and oxygen atoms in total. The number of esters is 3. The monoisotopic (exact) mass is 1070 g/mol. The molecule has 0 aromatic rings. The van der Waals surface area contributed by atoms with Gasteiger partial charge in [0.15, 0.2) is 6.10 Å². The second kappa shape index (κ2) is 65.4. The van der Waals surface area contributed by atoms with E-state index in [1.54, 1.807) is 0 Å². The van der Waals surface area contributed by atoms with Crippen LogP contribution >= 0.6 is 0 Å². The van der Waals surface area contributed by atoms with Gasteiger partial charge in [-0.15, -0.1) is 0 Å². The zero-order valence-electron chi connectivity index (χ0n) is 51.2. The van der Waals surface area contributed by atoms with Gasteiger partial charge in [-0.05, 0) is 89.9 Å². The van der Waals surface area contributed by atoms with Crippen LogP contribution in [0.1, 0.15) is 342 Å².